The molecule has 0 N–H and O–H groups in total. The largest absolute Gasteiger partial charge is 0.455 e. The summed E-state index contributed by atoms with van der Waals surface area (Å²) in [6.45, 7) is 0. The minimum Gasteiger partial charge on any atom is -0.455 e. The first-order chi connectivity index (χ1) is 33.2. The first-order valence-corrected chi connectivity index (χ1v) is 22.9. The monoisotopic (exact) mass is 854 g/mol. The van der Waals surface area contributed by atoms with Crippen molar-refractivity contribution in [2.75, 3.05) is 4.90 Å². The maximum atomic E-state index is 6.67. The minimum atomic E-state index is 0.882. The van der Waals surface area contributed by atoms with E-state index >= 15 is 0 Å². The van der Waals surface area contributed by atoms with Crippen LogP contribution in [0, 0.1) is 0 Å². The summed E-state index contributed by atoms with van der Waals surface area (Å²) < 4.78 is 9.12. The molecular weight excluding hydrogens is 813 g/mol. The maximum absolute atomic E-state index is 6.67. The van der Waals surface area contributed by atoms with Gasteiger partial charge in [0.15, 0.2) is 0 Å². The van der Waals surface area contributed by atoms with E-state index in [4.69, 9.17) is 4.42 Å². The van der Waals surface area contributed by atoms with Gasteiger partial charge in [-0.1, -0.05) is 194 Å². The molecule has 67 heavy (non-hydrogen) atoms. The number of hydrogen-bond donors (Lipinski definition) is 0. The molecule has 0 spiro atoms. The van der Waals surface area contributed by atoms with E-state index in [1.165, 1.54) is 49.3 Å². The Balaban J connectivity index is 0.998. The van der Waals surface area contributed by atoms with Crippen LogP contribution in [0.25, 0.3) is 105 Å². The smallest absolute Gasteiger partial charge is 0.143 e. The predicted octanol–water partition coefficient (Wildman–Crippen LogP) is 18.0. The van der Waals surface area contributed by atoms with Gasteiger partial charge in [-0.15, -0.1) is 0 Å². The fourth-order valence-corrected chi connectivity index (χ4v) is 10.2. The van der Waals surface area contributed by atoms with Crippen molar-refractivity contribution in [2.24, 2.45) is 0 Å². The Labute approximate surface area is 388 Å². The highest BCUT2D eigenvalue weighted by atomic mass is 16.3. The van der Waals surface area contributed by atoms with Crippen molar-refractivity contribution in [1.29, 1.82) is 0 Å². The van der Waals surface area contributed by atoms with Crippen molar-refractivity contribution in [3.8, 4) is 50.2 Å². The third kappa shape index (κ3) is 6.59. The number of anilines is 3. The summed E-state index contributed by atoms with van der Waals surface area (Å²) in [7, 11) is 0. The van der Waals surface area contributed by atoms with Crippen molar-refractivity contribution in [3.63, 3.8) is 0 Å². The number of para-hydroxylation sites is 5. The Hall–Kier alpha value is -8.92. The van der Waals surface area contributed by atoms with Gasteiger partial charge in [-0.2, -0.15) is 0 Å². The van der Waals surface area contributed by atoms with E-state index in [1.807, 2.05) is 6.07 Å². The lowest BCUT2D eigenvalue weighted by Gasteiger charge is -2.28. The Bertz CT molecular complexity index is 3940. The number of furan rings is 1. The Kier molecular flexibility index (Phi) is 9.17. The van der Waals surface area contributed by atoms with Crippen molar-refractivity contribution in [1.82, 2.24) is 4.57 Å². The highest BCUT2D eigenvalue weighted by molar-refractivity contribution is 6.12. The molecule has 0 unspecified atom stereocenters. The molecule has 314 valence electrons. The normalized spacial score (nSPS) is 11.6. The van der Waals surface area contributed by atoms with Crippen LogP contribution in [0.1, 0.15) is 0 Å². The fraction of sp³-hybridized carbons (Fsp3) is 0. The Morgan fingerprint density at radius 2 is 0.896 bits per heavy atom. The summed E-state index contributed by atoms with van der Waals surface area (Å²) in [5.41, 5.74) is 17.5. The molecule has 11 aromatic carbocycles. The molecule has 0 bridgehead atoms. The second-order valence-corrected chi connectivity index (χ2v) is 17.3. The van der Waals surface area contributed by atoms with E-state index in [9.17, 15) is 0 Å². The quantitative estimate of drug-likeness (QED) is 0.152. The molecule has 13 aromatic rings. The molecule has 0 aliphatic heterocycles. The Morgan fingerprint density at radius 3 is 1.72 bits per heavy atom. The van der Waals surface area contributed by atoms with Gasteiger partial charge in [-0.3, -0.25) is 0 Å². The first-order valence-electron chi connectivity index (χ1n) is 22.9. The van der Waals surface area contributed by atoms with Crippen LogP contribution in [-0.2, 0) is 0 Å². The van der Waals surface area contributed by atoms with Crippen LogP contribution in [0.5, 0.6) is 0 Å². The molecule has 0 saturated carbocycles. The molecule has 3 nitrogen and oxygen atoms in total. The number of nitrogens with zero attached hydrogens (tertiary/aromatic N) is 2. The second kappa shape index (κ2) is 16.0. The zero-order valence-corrected chi connectivity index (χ0v) is 36.6. The molecule has 0 aliphatic carbocycles. The fourth-order valence-electron chi connectivity index (χ4n) is 10.2. The minimum absolute atomic E-state index is 0.882. The molecule has 0 saturated heterocycles. The topological polar surface area (TPSA) is 21.3 Å². The summed E-state index contributed by atoms with van der Waals surface area (Å²) in [6.07, 6.45) is 0. The van der Waals surface area contributed by atoms with Gasteiger partial charge in [0, 0.05) is 49.6 Å². The molecule has 2 aromatic heterocycles. The average molecular weight is 855 g/mol. The van der Waals surface area contributed by atoms with Crippen molar-refractivity contribution in [3.05, 3.63) is 255 Å². The highest BCUT2D eigenvalue weighted by Crippen LogP contribution is 2.46. The van der Waals surface area contributed by atoms with Crippen LogP contribution in [0.4, 0.5) is 17.1 Å². The predicted molar refractivity (Wildman–Crippen MR) is 282 cm³/mol. The van der Waals surface area contributed by atoms with Crippen molar-refractivity contribution in [2.45, 2.75) is 0 Å². The molecular formula is C64H42N2O. The van der Waals surface area contributed by atoms with Crippen LogP contribution < -0.4 is 4.90 Å². The van der Waals surface area contributed by atoms with Gasteiger partial charge in [0.05, 0.1) is 22.4 Å². The standard InChI is InChI=1S/C64H42N2O/c1-2-16-43(17-3-1)49-36-39-52(62(42-49)66-60-29-11-6-22-53(60)54-23-7-12-30-61(54)66)45-34-37-50(38-35-45)65(51-21-14-20-47(41-51)48-33-32-44-18-4-5-19-46(44)40-48)59-28-10-8-24-55(59)57-26-15-27-58-56-25-9-13-31-63(56)67-64(57)58/h1-42H. The van der Waals surface area contributed by atoms with Crippen LogP contribution in [0.3, 0.4) is 0 Å². The van der Waals surface area contributed by atoms with Crippen LogP contribution >= 0.6 is 0 Å². The lowest BCUT2D eigenvalue weighted by atomic mass is 9.96. The number of benzene rings is 11. The van der Waals surface area contributed by atoms with E-state index in [-0.39, 0.29) is 0 Å². The summed E-state index contributed by atoms with van der Waals surface area (Å²) >= 11 is 0. The Morgan fingerprint density at radius 1 is 0.313 bits per heavy atom. The SMILES string of the molecule is c1ccc(-c2ccc(-c3ccc(N(c4cccc(-c5ccc6ccccc6c5)c4)c4ccccc4-c4cccc5c4oc4ccccc45)cc3)c(-n3c4ccccc4c4ccccc43)c2)cc1. The second-order valence-electron chi connectivity index (χ2n) is 17.3. The summed E-state index contributed by atoms with van der Waals surface area (Å²) in [6, 6.07) is 92.0. The molecule has 3 heteroatoms. The zero-order valence-electron chi connectivity index (χ0n) is 36.6. The lowest BCUT2D eigenvalue weighted by molar-refractivity contribution is 0.670. The van der Waals surface area contributed by atoms with E-state index < -0.39 is 0 Å². The first kappa shape index (κ1) is 38.5. The van der Waals surface area contributed by atoms with E-state index in [2.05, 4.69) is 258 Å². The number of rotatable bonds is 8. The number of fused-ring (bicyclic) bond motifs is 7. The number of hydrogen-bond acceptors (Lipinski definition) is 2. The molecule has 2 heterocycles. The maximum Gasteiger partial charge on any atom is 0.143 e. The zero-order chi connectivity index (χ0) is 44.3. The lowest BCUT2D eigenvalue weighted by Crippen LogP contribution is -2.11. The van der Waals surface area contributed by atoms with Gasteiger partial charge >= 0.3 is 0 Å². The van der Waals surface area contributed by atoms with Crippen molar-refractivity contribution < 1.29 is 4.42 Å². The van der Waals surface area contributed by atoms with Gasteiger partial charge in [-0.05, 0) is 99.3 Å². The third-order valence-corrected chi connectivity index (χ3v) is 13.4. The van der Waals surface area contributed by atoms with Crippen LogP contribution in [0.2, 0.25) is 0 Å². The third-order valence-electron chi connectivity index (χ3n) is 13.4. The summed E-state index contributed by atoms with van der Waals surface area (Å²) in [5, 5.41) is 7.15. The van der Waals surface area contributed by atoms with Gasteiger partial charge in [-0.25, -0.2) is 0 Å². The van der Waals surface area contributed by atoms with Crippen LogP contribution in [0.15, 0.2) is 259 Å². The van der Waals surface area contributed by atoms with E-state index in [0.29, 0.717) is 0 Å². The molecule has 0 atom stereocenters. The molecule has 0 aliphatic rings. The molecule has 0 radical (unpaired) electrons. The summed E-state index contributed by atoms with van der Waals surface area (Å²) in [5.74, 6) is 0. The molecule has 13 rings (SSSR count). The van der Waals surface area contributed by atoms with Gasteiger partial charge in [0.2, 0.25) is 0 Å². The van der Waals surface area contributed by atoms with E-state index in [1.54, 1.807) is 0 Å². The molecule has 0 amide bonds. The van der Waals surface area contributed by atoms with E-state index in [0.717, 1.165) is 72.5 Å². The van der Waals surface area contributed by atoms with Gasteiger partial charge in [0.25, 0.3) is 0 Å². The highest BCUT2D eigenvalue weighted by Gasteiger charge is 2.22. The van der Waals surface area contributed by atoms with Gasteiger partial charge in [0.1, 0.15) is 11.2 Å². The van der Waals surface area contributed by atoms with Crippen LogP contribution in [-0.4, -0.2) is 4.57 Å². The average Bonchev–Trinajstić information content (AvgIpc) is 3.95. The molecule has 0 fully saturated rings. The van der Waals surface area contributed by atoms with Gasteiger partial charge < -0.3 is 13.9 Å². The number of aromatic nitrogens is 1. The van der Waals surface area contributed by atoms with Crippen molar-refractivity contribution >= 4 is 71.6 Å². The summed E-state index contributed by atoms with van der Waals surface area (Å²) in [4.78, 5) is 2.40.